The van der Waals surface area contributed by atoms with Crippen LogP contribution in [0.4, 0.5) is 5.13 Å². The molecule has 0 saturated carbocycles. The summed E-state index contributed by atoms with van der Waals surface area (Å²) in [6.07, 6.45) is 1.62. The summed E-state index contributed by atoms with van der Waals surface area (Å²) in [5, 5.41) is 20.3. The number of hydrogen-bond donors (Lipinski definition) is 1. The van der Waals surface area contributed by atoms with Crippen LogP contribution in [-0.4, -0.2) is 46.8 Å². The molecule has 2 aliphatic heterocycles. The van der Waals surface area contributed by atoms with Crippen molar-refractivity contribution in [3.63, 3.8) is 0 Å². The minimum absolute atomic E-state index is 0.0691. The average molecular weight is 492 g/mol. The SMILES string of the molecule is C=CCOc1cccc([C@H]2/C(=C(\O)c3ccc4c(c3)OCCO4)C(=O)C(=O)N2c2nnc(C)s2)c1. The first-order valence-corrected chi connectivity index (χ1v) is 11.6. The van der Waals surface area contributed by atoms with Gasteiger partial charge in [0.15, 0.2) is 11.5 Å². The predicted molar refractivity (Wildman–Crippen MR) is 129 cm³/mol. The lowest BCUT2D eigenvalue weighted by Gasteiger charge is -2.23. The minimum Gasteiger partial charge on any atom is -0.507 e. The van der Waals surface area contributed by atoms with Crippen molar-refractivity contribution >= 4 is 33.9 Å². The number of Topliss-reactive ketones (excluding diaryl/α,β-unsaturated/α-hetero) is 1. The Morgan fingerprint density at radius 1 is 1.20 bits per heavy atom. The van der Waals surface area contributed by atoms with Crippen molar-refractivity contribution in [3.8, 4) is 17.2 Å². The summed E-state index contributed by atoms with van der Waals surface area (Å²) >= 11 is 1.18. The van der Waals surface area contributed by atoms with Gasteiger partial charge in [-0.25, -0.2) is 0 Å². The molecule has 178 valence electrons. The third kappa shape index (κ3) is 4.12. The van der Waals surface area contributed by atoms with E-state index in [0.717, 1.165) is 0 Å². The van der Waals surface area contributed by atoms with Crippen molar-refractivity contribution < 1.29 is 28.9 Å². The number of ether oxygens (including phenoxy) is 3. The first-order chi connectivity index (χ1) is 17.0. The zero-order valence-corrected chi connectivity index (χ0v) is 19.6. The maximum absolute atomic E-state index is 13.3. The molecule has 9 nitrogen and oxygen atoms in total. The molecule has 1 atom stereocenters. The van der Waals surface area contributed by atoms with Gasteiger partial charge in [0.25, 0.3) is 5.78 Å². The molecule has 0 spiro atoms. The number of aliphatic hydroxyl groups excluding tert-OH is 1. The molecule has 0 unspecified atom stereocenters. The Bertz CT molecular complexity index is 1360. The van der Waals surface area contributed by atoms with Gasteiger partial charge in [0.05, 0.1) is 11.6 Å². The molecule has 1 amide bonds. The average Bonchev–Trinajstić information content (AvgIpc) is 3.42. The number of rotatable bonds is 6. The minimum atomic E-state index is -0.942. The van der Waals surface area contributed by atoms with Crippen molar-refractivity contribution in [1.82, 2.24) is 10.2 Å². The van der Waals surface area contributed by atoms with Crippen LogP contribution in [0.3, 0.4) is 0 Å². The van der Waals surface area contributed by atoms with Gasteiger partial charge in [-0.15, -0.1) is 10.2 Å². The fourth-order valence-electron chi connectivity index (χ4n) is 4.00. The third-order valence-corrected chi connectivity index (χ3v) is 6.36. The summed E-state index contributed by atoms with van der Waals surface area (Å²) in [5.41, 5.74) is 0.822. The number of aryl methyl sites for hydroxylation is 1. The van der Waals surface area contributed by atoms with Gasteiger partial charge in [-0.1, -0.05) is 36.1 Å². The molecule has 3 aromatic rings. The Balaban J connectivity index is 1.67. The number of nitrogens with zero attached hydrogens (tertiary/aromatic N) is 3. The monoisotopic (exact) mass is 491 g/mol. The van der Waals surface area contributed by atoms with E-state index in [9.17, 15) is 14.7 Å². The second kappa shape index (κ2) is 9.22. The zero-order valence-electron chi connectivity index (χ0n) is 18.8. The van der Waals surface area contributed by atoms with E-state index in [-0.39, 0.29) is 23.1 Å². The molecule has 2 aliphatic rings. The van der Waals surface area contributed by atoms with E-state index in [0.29, 0.717) is 46.6 Å². The summed E-state index contributed by atoms with van der Waals surface area (Å²) in [5.74, 6) is -0.436. The molecule has 5 rings (SSSR count). The van der Waals surface area contributed by atoms with Gasteiger partial charge in [0.1, 0.15) is 36.3 Å². The number of fused-ring (bicyclic) bond motifs is 1. The lowest BCUT2D eigenvalue weighted by Crippen LogP contribution is -2.29. The van der Waals surface area contributed by atoms with Gasteiger partial charge >= 0.3 is 5.91 Å². The second-order valence-corrected chi connectivity index (χ2v) is 8.96. The van der Waals surface area contributed by atoms with Crippen molar-refractivity contribution in [1.29, 1.82) is 0 Å². The number of aliphatic hydroxyl groups is 1. The highest BCUT2D eigenvalue weighted by atomic mass is 32.1. The molecule has 1 fully saturated rings. The number of anilines is 1. The molecular weight excluding hydrogens is 470 g/mol. The number of hydrogen-bond acceptors (Lipinski definition) is 9. The molecule has 0 radical (unpaired) electrons. The molecular formula is C25H21N3O6S. The van der Waals surface area contributed by atoms with E-state index in [4.69, 9.17) is 14.2 Å². The molecule has 1 N–H and O–H groups in total. The van der Waals surface area contributed by atoms with Gasteiger partial charge in [-0.2, -0.15) is 0 Å². The molecule has 1 aromatic heterocycles. The van der Waals surface area contributed by atoms with Crippen LogP contribution in [0.2, 0.25) is 0 Å². The second-order valence-electron chi connectivity index (χ2n) is 7.80. The van der Waals surface area contributed by atoms with Crippen LogP contribution < -0.4 is 19.1 Å². The zero-order chi connectivity index (χ0) is 24.5. The smallest absolute Gasteiger partial charge is 0.301 e. The van der Waals surface area contributed by atoms with E-state index >= 15 is 0 Å². The highest BCUT2D eigenvalue weighted by molar-refractivity contribution is 7.15. The fraction of sp³-hybridized carbons (Fsp3) is 0.200. The van der Waals surface area contributed by atoms with Crippen LogP contribution in [0.5, 0.6) is 17.2 Å². The van der Waals surface area contributed by atoms with Crippen LogP contribution in [0.15, 0.2) is 60.7 Å². The largest absolute Gasteiger partial charge is 0.507 e. The Kier molecular flexibility index (Phi) is 5.96. The first kappa shape index (κ1) is 22.6. The van der Waals surface area contributed by atoms with Crippen LogP contribution in [0, 0.1) is 6.92 Å². The van der Waals surface area contributed by atoms with Gasteiger partial charge in [0.2, 0.25) is 5.13 Å². The maximum atomic E-state index is 13.3. The molecule has 35 heavy (non-hydrogen) atoms. The lowest BCUT2D eigenvalue weighted by molar-refractivity contribution is -0.132. The molecule has 3 heterocycles. The van der Waals surface area contributed by atoms with E-state index in [1.54, 1.807) is 55.5 Å². The topological polar surface area (TPSA) is 111 Å². The number of amides is 1. The van der Waals surface area contributed by atoms with Gasteiger partial charge in [0, 0.05) is 5.56 Å². The summed E-state index contributed by atoms with van der Waals surface area (Å²) in [6, 6.07) is 10.9. The number of carbonyl (C=O) groups excluding carboxylic acids is 2. The quantitative estimate of drug-likeness (QED) is 0.240. The highest BCUT2D eigenvalue weighted by Crippen LogP contribution is 2.44. The van der Waals surface area contributed by atoms with Crippen molar-refractivity contribution in [2.75, 3.05) is 24.7 Å². The van der Waals surface area contributed by atoms with E-state index in [1.165, 1.54) is 16.2 Å². The summed E-state index contributed by atoms with van der Waals surface area (Å²) < 4.78 is 16.8. The summed E-state index contributed by atoms with van der Waals surface area (Å²) in [6.45, 7) is 6.49. The van der Waals surface area contributed by atoms with Crippen LogP contribution in [0.1, 0.15) is 22.2 Å². The fourth-order valence-corrected chi connectivity index (χ4v) is 4.72. The van der Waals surface area contributed by atoms with E-state index in [2.05, 4.69) is 16.8 Å². The molecule has 0 bridgehead atoms. The van der Waals surface area contributed by atoms with Crippen LogP contribution in [0.25, 0.3) is 5.76 Å². The van der Waals surface area contributed by atoms with Crippen LogP contribution >= 0.6 is 11.3 Å². The molecule has 10 heteroatoms. The summed E-state index contributed by atoms with van der Waals surface area (Å²) in [7, 11) is 0. The first-order valence-electron chi connectivity index (χ1n) is 10.8. The Hall–Kier alpha value is -4.18. The van der Waals surface area contributed by atoms with E-state index < -0.39 is 17.7 Å². The van der Waals surface area contributed by atoms with Gasteiger partial charge in [-0.05, 0) is 42.8 Å². The van der Waals surface area contributed by atoms with Gasteiger partial charge in [-0.3, -0.25) is 14.5 Å². The highest BCUT2D eigenvalue weighted by Gasteiger charge is 2.48. The number of benzene rings is 2. The molecule has 1 saturated heterocycles. The number of ketones is 1. The Labute approximate surface area is 204 Å². The van der Waals surface area contributed by atoms with Crippen molar-refractivity contribution in [2.45, 2.75) is 13.0 Å². The third-order valence-electron chi connectivity index (χ3n) is 5.52. The van der Waals surface area contributed by atoms with Gasteiger partial charge < -0.3 is 19.3 Å². The predicted octanol–water partition coefficient (Wildman–Crippen LogP) is 3.81. The summed E-state index contributed by atoms with van der Waals surface area (Å²) in [4.78, 5) is 27.8. The van der Waals surface area contributed by atoms with E-state index in [1.807, 2.05) is 0 Å². The maximum Gasteiger partial charge on any atom is 0.301 e. The molecule has 2 aromatic carbocycles. The number of carbonyl (C=O) groups is 2. The standard InChI is InChI=1S/C25H21N3O6S/c1-3-9-32-17-6-4-5-15(12-17)21-20(23(30)24(31)28(21)25-27-26-14(2)35-25)22(29)16-7-8-18-19(13-16)34-11-10-33-18/h3-8,12-13,21,29H,1,9-11H2,2H3/b22-20+/t21-/m0/s1. The normalized spacial score (nSPS) is 18.5. The Morgan fingerprint density at radius 2 is 2.00 bits per heavy atom. The van der Waals surface area contributed by atoms with Crippen molar-refractivity contribution in [2.24, 2.45) is 0 Å². The number of aromatic nitrogens is 2. The lowest BCUT2D eigenvalue weighted by atomic mass is 9.95. The van der Waals surface area contributed by atoms with Crippen molar-refractivity contribution in [3.05, 3.63) is 76.8 Å². The molecule has 0 aliphatic carbocycles. The van der Waals surface area contributed by atoms with Crippen LogP contribution in [-0.2, 0) is 9.59 Å². The Morgan fingerprint density at radius 3 is 2.74 bits per heavy atom.